The standard InChI is InChI=1S/C51H92N2O6/c1-6-11-22-31-44(32-23-12-7-2)42-58-47(54)36-26-18-16-20-28-39-53(41-30-38-52-49-46(35-15-10-5)50(56)51(49)57)40-29-21-17-19-27-37-48(55)59-43-45(33-24-13-8-3)34-25-14-9-4/h10,15,44-45,52H,6-9,11-14,16-43H2,1-5H3/b15-10+. The van der Waals surface area contributed by atoms with E-state index in [4.69, 9.17) is 9.47 Å². The monoisotopic (exact) mass is 829 g/mol. The van der Waals surface area contributed by atoms with Gasteiger partial charge in [-0.15, -0.1) is 0 Å². The molecule has 0 atom stereocenters. The number of unbranched alkanes of at least 4 members (excludes halogenated alkanes) is 16. The minimum Gasteiger partial charge on any atom is -0.465 e. The molecule has 8 nitrogen and oxygen atoms in total. The molecule has 0 radical (unpaired) electrons. The molecule has 0 aliphatic heterocycles. The molecule has 0 fully saturated rings. The molecule has 0 aromatic heterocycles. The van der Waals surface area contributed by atoms with Crippen LogP contribution in [0.25, 0.3) is 0 Å². The van der Waals surface area contributed by atoms with E-state index in [0.29, 0.717) is 62.1 Å². The fourth-order valence-electron chi connectivity index (χ4n) is 8.10. The fourth-order valence-corrected chi connectivity index (χ4v) is 8.10. The first kappa shape index (κ1) is 54.5. The van der Waals surface area contributed by atoms with Crippen LogP contribution in [0.5, 0.6) is 0 Å². The number of allylic oxidation sites excluding steroid dienone is 2. The molecule has 1 aromatic carbocycles. The van der Waals surface area contributed by atoms with E-state index in [0.717, 1.165) is 90.3 Å². The zero-order valence-electron chi connectivity index (χ0n) is 39.2. The zero-order valence-corrected chi connectivity index (χ0v) is 39.2. The first-order chi connectivity index (χ1) is 28.8. The summed E-state index contributed by atoms with van der Waals surface area (Å²) in [4.78, 5) is 51.8. The molecule has 1 aromatic rings. The number of nitrogens with zero attached hydrogens (tertiary/aromatic N) is 1. The summed E-state index contributed by atoms with van der Waals surface area (Å²) in [5.74, 6) is 0.963. The van der Waals surface area contributed by atoms with Crippen LogP contribution in [0.15, 0.2) is 21.7 Å². The van der Waals surface area contributed by atoms with Crippen molar-refractivity contribution in [2.75, 3.05) is 44.7 Å². The zero-order chi connectivity index (χ0) is 43.2. The van der Waals surface area contributed by atoms with Gasteiger partial charge in [0.05, 0.1) is 18.9 Å². The minimum absolute atomic E-state index is 0.0298. The van der Waals surface area contributed by atoms with Gasteiger partial charge in [0.25, 0.3) is 0 Å². The molecule has 0 amide bonds. The quantitative estimate of drug-likeness (QED) is 0.0300. The number of hydrogen-bond acceptors (Lipinski definition) is 8. The summed E-state index contributed by atoms with van der Waals surface area (Å²) >= 11 is 0. The Morgan fingerprint density at radius 3 is 1.37 bits per heavy atom. The number of nitrogens with one attached hydrogen (secondary N) is 1. The maximum Gasteiger partial charge on any atom is 0.305 e. The van der Waals surface area contributed by atoms with Crippen LogP contribution in [0.2, 0.25) is 0 Å². The normalized spacial score (nSPS) is 11.9. The molecule has 0 bridgehead atoms. The van der Waals surface area contributed by atoms with Gasteiger partial charge in [0.1, 0.15) is 0 Å². The van der Waals surface area contributed by atoms with Gasteiger partial charge in [0.15, 0.2) is 0 Å². The van der Waals surface area contributed by atoms with Crippen molar-refractivity contribution in [1.82, 2.24) is 4.90 Å². The summed E-state index contributed by atoms with van der Waals surface area (Å²) in [5, 5.41) is 3.26. The van der Waals surface area contributed by atoms with E-state index in [1.807, 2.05) is 19.1 Å². The number of hydrogen-bond donors (Lipinski definition) is 1. The topological polar surface area (TPSA) is 102 Å². The molecule has 0 heterocycles. The van der Waals surface area contributed by atoms with Gasteiger partial charge in [-0.1, -0.05) is 155 Å². The van der Waals surface area contributed by atoms with Crippen LogP contribution < -0.4 is 16.2 Å². The lowest BCUT2D eigenvalue weighted by Crippen LogP contribution is -2.39. The summed E-state index contributed by atoms with van der Waals surface area (Å²) in [7, 11) is 0. The Kier molecular flexibility index (Phi) is 35.5. The van der Waals surface area contributed by atoms with Crippen LogP contribution in [-0.4, -0.2) is 56.2 Å². The van der Waals surface area contributed by atoms with Gasteiger partial charge in [-0.2, -0.15) is 0 Å². The lowest BCUT2D eigenvalue weighted by Gasteiger charge is -2.23. The van der Waals surface area contributed by atoms with Gasteiger partial charge >= 0.3 is 11.9 Å². The highest BCUT2D eigenvalue weighted by atomic mass is 16.5. The molecule has 0 saturated heterocycles. The van der Waals surface area contributed by atoms with Crippen LogP contribution in [0.3, 0.4) is 0 Å². The average Bonchev–Trinajstić information content (AvgIpc) is 3.23. The van der Waals surface area contributed by atoms with E-state index in [9.17, 15) is 19.2 Å². The van der Waals surface area contributed by atoms with E-state index in [1.165, 1.54) is 103 Å². The van der Waals surface area contributed by atoms with Crippen LogP contribution in [0.1, 0.15) is 226 Å². The van der Waals surface area contributed by atoms with Crippen molar-refractivity contribution in [1.29, 1.82) is 0 Å². The molecular formula is C51H92N2O6. The largest absolute Gasteiger partial charge is 0.465 e. The van der Waals surface area contributed by atoms with Crippen molar-refractivity contribution >= 4 is 17.6 Å². The Morgan fingerprint density at radius 1 is 0.542 bits per heavy atom. The molecule has 0 unspecified atom stereocenters. The first-order valence-corrected chi connectivity index (χ1v) is 25.0. The van der Waals surface area contributed by atoms with Gasteiger partial charge in [0.2, 0.25) is 10.9 Å². The molecule has 0 aliphatic rings. The number of ether oxygens (including phenoxy) is 2. The van der Waals surface area contributed by atoms with Crippen molar-refractivity contribution in [2.45, 2.75) is 227 Å². The fraction of sp³-hybridized carbons (Fsp3) is 0.843. The van der Waals surface area contributed by atoms with E-state index in [2.05, 4.69) is 37.9 Å². The number of anilines is 1. The second-order valence-electron chi connectivity index (χ2n) is 17.5. The Bertz CT molecular complexity index is 1180. The second-order valence-corrected chi connectivity index (χ2v) is 17.5. The van der Waals surface area contributed by atoms with Gasteiger partial charge < -0.3 is 19.7 Å². The predicted molar refractivity (Wildman–Crippen MR) is 250 cm³/mol. The van der Waals surface area contributed by atoms with Gasteiger partial charge in [-0.3, -0.25) is 19.2 Å². The van der Waals surface area contributed by atoms with Crippen LogP contribution in [0.4, 0.5) is 5.69 Å². The van der Waals surface area contributed by atoms with Gasteiger partial charge in [-0.25, -0.2) is 0 Å². The van der Waals surface area contributed by atoms with Crippen LogP contribution >= 0.6 is 0 Å². The Hall–Kier alpha value is -2.48. The Morgan fingerprint density at radius 2 is 0.949 bits per heavy atom. The highest BCUT2D eigenvalue weighted by Gasteiger charge is 2.19. The Balaban J connectivity index is 2.43. The molecule has 342 valence electrons. The summed E-state index contributed by atoms with van der Waals surface area (Å²) in [5.41, 5.74) is 0.375. The summed E-state index contributed by atoms with van der Waals surface area (Å²) in [6, 6.07) is 0. The predicted octanol–water partition coefficient (Wildman–Crippen LogP) is 12.8. The smallest absolute Gasteiger partial charge is 0.305 e. The van der Waals surface area contributed by atoms with Crippen molar-refractivity contribution in [3.63, 3.8) is 0 Å². The highest BCUT2D eigenvalue weighted by Crippen LogP contribution is 2.20. The van der Waals surface area contributed by atoms with E-state index >= 15 is 0 Å². The number of carbonyl (C=O) groups excluding carboxylic acids is 2. The number of carbonyl (C=O) groups is 2. The third-order valence-electron chi connectivity index (χ3n) is 12.1. The van der Waals surface area contributed by atoms with E-state index in [-0.39, 0.29) is 22.8 Å². The van der Waals surface area contributed by atoms with Crippen molar-refractivity contribution < 1.29 is 19.1 Å². The van der Waals surface area contributed by atoms with Gasteiger partial charge in [-0.05, 0) is 103 Å². The third-order valence-corrected chi connectivity index (χ3v) is 12.1. The maximum atomic E-state index is 12.5. The molecular weight excluding hydrogens is 737 g/mol. The Labute approximate surface area is 362 Å². The molecule has 8 heteroatoms. The third kappa shape index (κ3) is 28.6. The summed E-state index contributed by atoms with van der Waals surface area (Å²) in [6.07, 6.45) is 36.5. The van der Waals surface area contributed by atoms with Crippen molar-refractivity contribution in [3.05, 3.63) is 38.2 Å². The lowest BCUT2D eigenvalue weighted by molar-refractivity contribution is -0.146. The summed E-state index contributed by atoms with van der Waals surface area (Å²) < 4.78 is 11.5. The molecule has 0 aliphatic carbocycles. The van der Waals surface area contributed by atoms with Gasteiger partial charge in [0, 0.05) is 24.9 Å². The van der Waals surface area contributed by atoms with Crippen molar-refractivity contribution in [2.24, 2.45) is 11.8 Å². The lowest BCUT2D eigenvalue weighted by atomic mass is 9.96. The molecule has 59 heavy (non-hydrogen) atoms. The minimum atomic E-state index is -0.383. The number of esters is 2. The summed E-state index contributed by atoms with van der Waals surface area (Å²) in [6.45, 7) is 15.7. The van der Waals surface area contributed by atoms with Crippen LogP contribution in [0, 0.1) is 11.8 Å². The SMILES string of the molecule is C/C=C/Cc1c(NCCCN(CCCCCCCC(=O)OCC(CCCCC)CCCCC)CCCCCCCC(=O)OCC(CCCCC)CCCCC)c(=O)c1=O. The van der Waals surface area contributed by atoms with E-state index < -0.39 is 0 Å². The van der Waals surface area contributed by atoms with Crippen molar-refractivity contribution in [3.8, 4) is 0 Å². The highest BCUT2D eigenvalue weighted by molar-refractivity contribution is 5.69. The molecule has 0 spiro atoms. The number of rotatable bonds is 43. The molecule has 1 rings (SSSR count). The maximum absolute atomic E-state index is 12.5. The average molecular weight is 829 g/mol. The van der Waals surface area contributed by atoms with Crippen LogP contribution in [-0.2, 0) is 25.5 Å². The molecule has 0 saturated carbocycles. The van der Waals surface area contributed by atoms with E-state index in [1.54, 1.807) is 0 Å². The first-order valence-electron chi connectivity index (χ1n) is 25.0. The second kappa shape index (κ2) is 38.4. The molecule has 1 N–H and O–H groups in total.